The van der Waals surface area contributed by atoms with Gasteiger partial charge in [0.05, 0.1) is 12.2 Å². The molecule has 0 aliphatic carbocycles. The topological polar surface area (TPSA) is 76.4 Å². The Labute approximate surface area is 133 Å². The highest BCUT2D eigenvalue weighted by Crippen LogP contribution is 2.24. The Balaban J connectivity index is 1.86. The molecule has 1 unspecified atom stereocenters. The van der Waals surface area contributed by atoms with E-state index in [0.29, 0.717) is 5.75 Å². The highest BCUT2D eigenvalue weighted by atomic mass is 32.1. The summed E-state index contributed by atoms with van der Waals surface area (Å²) in [5.74, 6) is 0.349. The van der Waals surface area contributed by atoms with Crippen LogP contribution in [0.3, 0.4) is 0 Å². The Morgan fingerprint density at radius 3 is 2.82 bits per heavy atom. The number of nitrogens with one attached hydrogen (secondary N) is 1. The van der Waals surface area contributed by atoms with Gasteiger partial charge in [0.15, 0.2) is 12.4 Å². The predicted molar refractivity (Wildman–Crippen MR) is 85.1 cm³/mol. The molecular formula is C15H21N3O3S. The van der Waals surface area contributed by atoms with Gasteiger partial charge >= 0.3 is 0 Å². The number of aliphatic hydroxyl groups is 1. The maximum Gasteiger partial charge on any atom is 0.258 e. The number of hydrogen-bond acceptors (Lipinski definition) is 5. The maximum absolute atomic E-state index is 11.9. The highest BCUT2D eigenvalue weighted by Gasteiger charge is 2.25. The van der Waals surface area contributed by atoms with E-state index in [1.54, 1.807) is 11.6 Å². The minimum atomic E-state index is -1.08. The van der Waals surface area contributed by atoms with E-state index in [1.807, 2.05) is 38.4 Å². The van der Waals surface area contributed by atoms with Crippen molar-refractivity contribution in [2.24, 2.45) is 7.05 Å². The molecule has 0 radical (unpaired) electrons. The fourth-order valence-corrected chi connectivity index (χ4v) is 2.88. The summed E-state index contributed by atoms with van der Waals surface area (Å²) in [6.45, 7) is 5.43. The third-order valence-electron chi connectivity index (χ3n) is 3.47. The summed E-state index contributed by atoms with van der Waals surface area (Å²) in [7, 11) is 1.83. The molecule has 6 nitrogen and oxygen atoms in total. The van der Waals surface area contributed by atoms with Crippen LogP contribution >= 0.6 is 11.3 Å². The molecule has 2 N–H and O–H groups in total. The first-order valence-corrected chi connectivity index (χ1v) is 7.85. The second-order valence-corrected chi connectivity index (χ2v) is 6.39. The van der Waals surface area contributed by atoms with Gasteiger partial charge < -0.3 is 15.2 Å². The average Bonchev–Trinajstić information content (AvgIpc) is 3.06. The normalized spacial score (nSPS) is 13.7. The van der Waals surface area contributed by atoms with Crippen LogP contribution < -0.4 is 10.1 Å². The van der Waals surface area contributed by atoms with Gasteiger partial charge in [-0.25, -0.2) is 0 Å². The number of thiophene rings is 1. The lowest BCUT2D eigenvalue weighted by Gasteiger charge is -2.22. The number of carbonyl (C=O) groups is 1. The Kier molecular flexibility index (Phi) is 4.87. The molecule has 0 aliphatic rings. The van der Waals surface area contributed by atoms with Gasteiger partial charge in [-0.1, -0.05) is 6.07 Å². The van der Waals surface area contributed by atoms with Crippen LogP contribution in [0.15, 0.2) is 17.5 Å². The van der Waals surface area contributed by atoms with Crippen LogP contribution in [0.5, 0.6) is 5.75 Å². The average molecular weight is 323 g/mol. The summed E-state index contributed by atoms with van der Waals surface area (Å²) in [5, 5.41) is 19.2. The molecule has 0 fully saturated rings. The zero-order valence-electron chi connectivity index (χ0n) is 13.2. The standard InChI is InChI=1S/C15H21N3O3S/c1-10-14(11(2)18(4)17-10)21-8-13(19)16-9-15(3,20)12-6-5-7-22-12/h5-7,20H,8-9H2,1-4H3,(H,16,19). The molecule has 0 bridgehead atoms. The van der Waals surface area contributed by atoms with E-state index < -0.39 is 5.60 Å². The Morgan fingerprint density at radius 2 is 2.27 bits per heavy atom. The second-order valence-electron chi connectivity index (χ2n) is 5.44. The summed E-state index contributed by atoms with van der Waals surface area (Å²) < 4.78 is 7.24. The van der Waals surface area contributed by atoms with E-state index in [4.69, 9.17) is 4.74 Å². The molecule has 7 heteroatoms. The molecule has 0 saturated heterocycles. The molecule has 0 aromatic carbocycles. The first-order valence-electron chi connectivity index (χ1n) is 6.97. The quantitative estimate of drug-likeness (QED) is 0.845. The van der Waals surface area contributed by atoms with Crippen molar-refractivity contribution in [3.8, 4) is 5.75 Å². The summed E-state index contributed by atoms with van der Waals surface area (Å²) >= 11 is 1.45. The SMILES string of the molecule is Cc1nn(C)c(C)c1OCC(=O)NCC(C)(O)c1cccs1. The van der Waals surface area contributed by atoms with Crippen LogP contribution in [0.1, 0.15) is 23.2 Å². The molecule has 1 atom stereocenters. The van der Waals surface area contributed by atoms with Crippen LogP contribution in [0.25, 0.3) is 0 Å². The van der Waals surface area contributed by atoms with E-state index in [0.717, 1.165) is 16.3 Å². The van der Waals surface area contributed by atoms with E-state index in [-0.39, 0.29) is 19.1 Å². The van der Waals surface area contributed by atoms with E-state index in [9.17, 15) is 9.90 Å². The summed E-state index contributed by atoms with van der Waals surface area (Å²) in [6, 6.07) is 3.71. The first-order chi connectivity index (χ1) is 10.3. The minimum Gasteiger partial charge on any atom is -0.480 e. The molecule has 120 valence electrons. The zero-order valence-corrected chi connectivity index (χ0v) is 14.0. The van der Waals surface area contributed by atoms with Crippen molar-refractivity contribution in [1.82, 2.24) is 15.1 Å². The molecule has 1 amide bonds. The van der Waals surface area contributed by atoms with Gasteiger partial charge in [-0.05, 0) is 32.2 Å². The number of rotatable bonds is 6. The zero-order chi connectivity index (χ0) is 16.3. The second kappa shape index (κ2) is 6.50. The molecule has 2 heterocycles. The van der Waals surface area contributed by atoms with Gasteiger partial charge in [-0.3, -0.25) is 9.48 Å². The first kappa shape index (κ1) is 16.5. The molecule has 0 aliphatic heterocycles. The molecule has 2 aromatic rings. The van der Waals surface area contributed by atoms with Crippen molar-refractivity contribution in [2.45, 2.75) is 26.4 Å². The number of aryl methyl sites for hydroxylation is 2. The van der Waals surface area contributed by atoms with E-state index in [2.05, 4.69) is 10.4 Å². The summed E-state index contributed by atoms with van der Waals surface area (Å²) in [4.78, 5) is 12.7. The number of ether oxygens (including phenoxy) is 1. The van der Waals surface area contributed by atoms with Crippen molar-refractivity contribution in [2.75, 3.05) is 13.2 Å². The van der Waals surface area contributed by atoms with E-state index >= 15 is 0 Å². The number of hydrogen-bond donors (Lipinski definition) is 2. The van der Waals surface area contributed by atoms with Crippen molar-refractivity contribution < 1.29 is 14.6 Å². The maximum atomic E-state index is 11.9. The lowest BCUT2D eigenvalue weighted by molar-refractivity contribution is -0.124. The number of nitrogens with zero attached hydrogens (tertiary/aromatic N) is 2. The largest absolute Gasteiger partial charge is 0.480 e. The van der Waals surface area contributed by atoms with Gasteiger partial charge in [0.1, 0.15) is 11.3 Å². The fourth-order valence-electron chi connectivity index (χ4n) is 2.09. The van der Waals surface area contributed by atoms with Gasteiger partial charge in [0, 0.05) is 11.9 Å². The monoisotopic (exact) mass is 323 g/mol. The van der Waals surface area contributed by atoms with Gasteiger partial charge in [0.25, 0.3) is 5.91 Å². The Morgan fingerprint density at radius 1 is 1.55 bits per heavy atom. The van der Waals surface area contributed by atoms with Crippen LogP contribution in [-0.4, -0.2) is 33.9 Å². The summed E-state index contributed by atoms with van der Waals surface area (Å²) in [5.41, 5.74) is 0.540. The van der Waals surface area contributed by atoms with Crippen LogP contribution in [0.4, 0.5) is 0 Å². The lowest BCUT2D eigenvalue weighted by atomic mass is 10.1. The third-order valence-corrected chi connectivity index (χ3v) is 4.59. The van der Waals surface area contributed by atoms with Gasteiger partial charge in [0.2, 0.25) is 0 Å². The molecular weight excluding hydrogens is 302 g/mol. The van der Waals surface area contributed by atoms with E-state index in [1.165, 1.54) is 11.3 Å². The number of carbonyl (C=O) groups excluding carboxylic acids is 1. The Hall–Kier alpha value is -1.86. The molecule has 2 aromatic heterocycles. The number of aromatic nitrogens is 2. The number of amides is 1. The van der Waals surface area contributed by atoms with Crippen molar-refractivity contribution in [1.29, 1.82) is 0 Å². The fraction of sp³-hybridized carbons (Fsp3) is 0.467. The minimum absolute atomic E-state index is 0.103. The molecule has 22 heavy (non-hydrogen) atoms. The predicted octanol–water partition coefficient (Wildman–Crippen LogP) is 1.50. The summed E-state index contributed by atoms with van der Waals surface area (Å²) in [6.07, 6.45) is 0. The molecule has 2 rings (SSSR count). The molecule has 0 spiro atoms. The van der Waals surface area contributed by atoms with Gasteiger partial charge in [-0.2, -0.15) is 5.10 Å². The van der Waals surface area contributed by atoms with Crippen molar-refractivity contribution in [3.63, 3.8) is 0 Å². The molecule has 0 saturated carbocycles. The Bertz CT molecular complexity index is 647. The third kappa shape index (κ3) is 3.66. The smallest absolute Gasteiger partial charge is 0.258 e. The highest BCUT2D eigenvalue weighted by molar-refractivity contribution is 7.10. The van der Waals surface area contributed by atoms with Crippen LogP contribution in [0, 0.1) is 13.8 Å². The van der Waals surface area contributed by atoms with Crippen molar-refractivity contribution in [3.05, 3.63) is 33.8 Å². The van der Waals surface area contributed by atoms with Gasteiger partial charge in [-0.15, -0.1) is 11.3 Å². The van der Waals surface area contributed by atoms with Crippen molar-refractivity contribution >= 4 is 17.2 Å². The van der Waals surface area contributed by atoms with Crippen LogP contribution in [0.2, 0.25) is 0 Å². The van der Waals surface area contributed by atoms with Crippen LogP contribution in [-0.2, 0) is 17.4 Å². The lowest BCUT2D eigenvalue weighted by Crippen LogP contribution is -2.40.